The predicted octanol–water partition coefficient (Wildman–Crippen LogP) is 2.30. The molecule has 21 heavy (non-hydrogen) atoms. The summed E-state index contributed by atoms with van der Waals surface area (Å²) in [5.41, 5.74) is 2.99. The highest BCUT2D eigenvalue weighted by molar-refractivity contribution is 7.89. The molecule has 0 saturated heterocycles. The molecule has 0 fully saturated rings. The monoisotopic (exact) mass is 323 g/mol. The average molecular weight is 323 g/mol. The molecule has 1 N–H and O–H groups in total. The largest absolute Gasteiger partial charge is 0.391 e. The van der Waals surface area contributed by atoms with E-state index < -0.39 is 10.0 Å². The number of rotatable bonds is 3. The van der Waals surface area contributed by atoms with E-state index in [1.54, 1.807) is 12.3 Å². The van der Waals surface area contributed by atoms with Crippen LogP contribution in [0.4, 0.5) is 0 Å². The molecule has 2 aromatic rings. The van der Waals surface area contributed by atoms with Crippen LogP contribution in [0.25, 0.3) is 0 Å². The lowest BCUT2D eigenvalue weighted by Gasteiger charge is -2.28. The fraction of sp³-hybridized carbons (Fsp3) is 0.333. The van der Waals surface area contributed by atoms with Gasteiger partial charge in [-0.1, -0.05) is 24.3 Å². The number of aliphatic hydroxyl groups excluding tert-OH is 1. The first-order valence-corrected chi connectivity index (χ1v) is 9.10. The summed E-state index contributed by atoms with van der Waals surface area (Å²) in [6, 6.07) is 7.94. The summed E-state index contributed by atoms with van der Waals surface area (Å²) in [7, 11) is -3.55. The Morgan fingerprint density at radius 3 is 2.71 bits per heavy atom. The Labute approximate surface area is 128 Å². The number of aliphatic hydroxyl groups is 1. The van der Waals surface area contributed by atoms with E-state index in [-0.39, 0.29) is 11.5 Å². The Balaban J connectivity index is 1.99. The molecule has 1 aliphatic rings. The highest BCUT2D eigenvalue weighted by Crippen LogP contribution is 2.32. The lowest BCUT2D eigenvalue weighted by atomic mass is 10.0. The standard InChI is InChI=1S/C15H17NO3S2/c1-11-10-20-14(9-17)15(11)21(18,19)16-7-6-12-4-2-3-5-13(12)8-16/h2-5,10,17H,6-9H2,1H3. The third kappa shape index (κ3) is 2.53. The first-order valence-electron chi connectivity index (χ1n) is 6.79. The highest BCUT2D eigenvalue weighted by atomic mass is 32.2. The van der Waals surface area contributed by atoms with Gasteiger partial charge < -0.3 is 5.11 Å². The van der Waals surface area contributed by atoms with Gasteiger partial charge >= 0.3 is 0 Å². The minimum absolute atomic E-state index is 0.239. The van der Waals surface area contributed by atoms with Gasteiger partial charge in [-0.15, -0.1) is 11.3 Å². The second-order valence-electron chi connectivity index (χ2n) is 5.19. The molecule has 112 valence electrons. The van der Waals surface area contributed by atoms with E-state index in [4.69, 9.17) is 0 Å². The van der Waals surface area contributed by atoms with E-state index in [1.807, 2.05) is 24.3 Å². The van der Waals surface area contributed by atoms with Crippen LogP contribution in [0.15, 0.2) is 34.5 Å². The summed E-state index contributed by atoms with van der Waals surface area (Å²) >= 11 is 1.30. The van der Waals surface area contributed by atoms with Gasteiger partial charge in [-0.25, -0.2) is 8.42 Å². The molecule has 2 heterocycles. The molecule has 1 aromatic heterocycles. The van der Waals surface area contributed by atoms with Crippen LogP contribution < -0.4 is 0 Å². The van der Waals surface area contributed by atoms with Gasteiger partial charge in [0.05, 0.1) is 11.5 Å². The number of benzene rings is 1. The summed E-state index contributed by atoms with van der Waals surface area (Å²) in [6.45, 7) is 2.43. The highest BCUT2D eigenvalue weighted by Gasteiger charge is 2.31. The molecule has 0 atom stereocenters. The van der Waals surface area contributed by atoms with Crippen molar-refractivity contribution in [2.45, 2.75) is 31.4 Å². The van der Waals surface area contributed by atoms with Gasteiger partial charge in [-0.2, -0.15) is 4.31 Å². The summed E-state index contributed by atoms with van der Waals surface area (Å²) in [5, 5.41) is 11.2. The number of aryl methyl sites for hydroxylation is 1. The van der Waals surface area contributed by atoms with Crippen LogP contribution in [0.3, 0.4) is 0 Å². The fourth-order valence-electron chi connectivity index (χ4n) is 2.75. The summed E-state index contributed by atoms with van der Waals surface area (Å²) < 4.78 is 27.3. The van der Waals surface area contributed by atoms with E-state index in [1.165, 1.54) is 21.2 Å². The van der Waals surface area contributed by atoms with Crippen molar-refractivity contribution in [1.82, 2.24) is 4.31 Å². The normalized spacial score (nSPS) is 15.9. The third-order valence-corrected chi connectivity index (χ3v) is 7.12. The van der Waals surface area contributed by atoms with Gasteiger partial charge in [0.15, 0.2) is 0 Å². The number of fused-ring (bicyclic) bond motifs is 1. The van der Waals surface area contributed by atoms with Crippen molar-refractivity contribution >= 4 is 21.4 Å². The van der Waals surface area contributed by atoms with Crippen LogP contribution in [0.2, 0.25) is 0 Å². The Kier molecular flexibility index (Phi) is 3.88. The summed E-state index contributed by atoms with van der Waals surface area (Å²) in [6.07, 6.45) is 0.729. The molecule has 1 aromatic carbocycles. The number of nitrogens with zero attached hydrogens (tertiary/aromatic N) is 1. The Morgan fingerprint density at radius 2 is 2.00 bits per heavy atom. The fourth-order valence-corrected chi connectivity index (χ4v) is 5.78. The lowest BCUT2D eigenvalue weighted by molar-refractivity contribution is 0.282. The third-order valence-electron chi connectivity index (χ3n) is 3.83. The number of hydrogen-bond donors (Lipinski definition) is 1. The van der Waals surface area contributed by atoms with E-state index in [0.29, 0.717) is 23.5 Å². The summed E-state index contributed by atoms with van der Waals surface area (Å²) in [5.74, 6) is 0. The number of thiophene rings is 1. The van der Waals surface area contributed by atoms with Gasteiger partial charge in [0.2, 0.25) is 10.0 Å². The van der Waals surface area contributed by atoms with Crippen molar-refractivity contribution in [2.24, 2.45) is 0 Å². The average Bonchev–Trinajstić information content (AvgIpc) is 2.88. The molecule has 0 aliphatic carbocycles. The minimum Gasteiger partial charge on any atom is -0.391 e. The quantitative estimate of drug-likeness (QED) is 0.943. The second-order valence-corrected chi connectivity index (χ2v) is 8.03. The smallest absolute Gasteiger partial charge is 0.244 e. The first kappa shape index (κ1) is 14.7. The van der Waals surface area contributed by atoms with Gasteiger partial charge in [0.25, 0.3) is 0 Å². The van der Waals surface area contributed by atoms with Gasteiger partial charge in [-0.3, -0.25) is 0 Å². The molecular weight excluding hydrogens is 306 g/mol. The number of hydrogen-bond acceptors (Lipinski definition) is 4. The predicted molar refractivity (Wildman–Crippen MR) is 82.7 cm³/mol. The Bertz CT molecular complexity index is 765. The molecule has 0 amide bonds. The maximum atomic E-state index is 12.9. The van der Waals surface area contributed by atoms with Crippen LogP contribution in [-0.2, 0) is 29.6 Å². The zero-order chi connectivity index (χ0) is 15.0. The minimum atomic E-state index is -3.55. The molecule has 4 nitrogen and oxygen atoms in total. The molecule has 0 radical (unpaired) electrons. The van der Waals surface area contributed by atoms with Crippen LogP contribution in [-0.4, -0.2) is 24.4 Å². The van der Waals surface area contributed by atoms with Crippen molar-refractivity contribution < 1.29 is 13.5 Å². The molecule has 0 spiro atoms. The molecule has 0 bridgehead atoms. The Hall–Kier alpha value is -1.21. The lowest BCUT2D eigenvalue weighted by Crippen LogP contribution is -2.36. The molecule has 0 saturated carbocycles. The van der Waals surface area contributed by atoms with Crippen molar-refractivity contribution in [1.29, 1.82) is 0 Å². The Morgan fingerprint density at radius 1 is 1.29 bits per heavy atom. The summed E-state index contributed by atoms with van der Waals surface area (Å²) in [4.78, 5) is 0.806. The van der Waals surface area contributed by atoms with Crippen molar-refractivity contribution in [3.63, 3.8) is 0 Å². The maximum absolute atomic E-state index is 12.9. The van der Waals surface area contributed by atoms with E-state index in [2.05, 4.69) is 0 Å². The van der Waals surface area contributed by atoms with Crippen molar-refractivity contribution in [2.75, 3.05) is 6.54 Å². The van der Waals surface area contributed by atoms with Crippen LogP contribution in [0.5, 0.6) is 0 Å². The van der Waals surface area contributed by atoms with Crippen LogP contribution in [0.1, 0.15) is 21.6 Å². The molecule has 1 aliphatic heterocycles. The zero-order valence-electron chi connectivity index (χ0n) is 11.7. The second kappa shape index (κ2) is 5.53. The maximum Gasteiger partial charge on any atom is 0.244 e. The molecular formula is C15H17NO3S2. The number of sulfonamides is 1. The van der Waals surface area contributed by atoms with Crippen LogP contribution in [0, 0.1) is 6.92 Å². The van der Waals surface area contributed by atoms with Gasteiger partial charge in [-0.05, 0) is 35.4 Å². The van der Waals surface area contributed by atoms with E-state index in [9.17, 15) is 13.5 Å². The van der Waals surface area contributed by atoms with Crippen molar-refractivity contribution in [3.05, 3.63) is 51.2 Å². The zero-order valence-corrected chi connectivity index (χ0v) is 13.4. The molecule has 3 rings (SSSR count). The van der Waals surface area contributed by atoms with Crippen LogP contribution >= 0.6 is 11.3 Å². The SMILES string of the molecule is Cc1csc(CO)c1S(=O)(=O)N1CCc2ccccc2C1. The van der Waals surface area contributed by atoms with E-state index in [0.717, 1.165) is 12.0 Å². The van der Waals surface area contributed by atoms with Gasteiger partial charge in [0.1, 0.15) is 4.90 Å². The van der Waals surface area contributed by atoms with Gasteiger partial charge in [0, 0.05) is 13.1 Å². The molecule has 0 unspecified atom stereocenters. The van der Waals surface area contributed by atoms with E-state index >= 15 is 0 Å². The molecule has 6 heteroatoms. The first-order chi connectivity index (χ1) is 10.0. The van der Waals surface area contributed by atoms with Crippen molar-refractivity contribution in [3.8, 4) is 0 Å². The topological polar surface area (TPSA) is 57.6 Å².